The summed E-state index contributed by atoms with van der Waals surface area (Å²) < 4.78 is 5.55. The van der Waals surface area contributed by atoms with Crippen molar-refractivity contribution < 1.29 is 9.53 Å². The van der Waals surface area contributed by atoms with Gasteiger partial charge >= 0.3 is 5.97 Å². The lowest BCUT2D eigenvalue weighted by Gasteiger charge is -2.18. The van der Waals surface area contributed by atoms with Gasteiger partial charge in [-0.25, -0.2) is 4.79 Å². The van der Waals surface area contributed by atoms with Gasteiger partial charge in [0, 0.05) is 6.54 Å². The molecule has 0 amide bonds. The summed E-state index contributed by atoms with van der Waals surface area (Å²) in [5.41, 5.74) is 4.04. The van der Waals surface area contributed by atoms with Crippen molar-refractivity contribution in [3.8, 4) is 0 Å². The number of nitrogens with one attached hydrogen (secondary N) is 1. The Morgan fingerprint density at radius 1 is 1.09 bits per heavy atom. The molecular weight excluding hydrogens is 274 g/mol. The largest absolute Gasteiger partial charge is 0.443 e. The van der Waals surface area contributed by atoms with Crippen LogP contribution in [0, 0.1) is 13.8 Å². The van der Waals surface area contributed by atoms with Crippen molar-refractivity contribution in [3.05, 3.63) is 70.8 Å². The molecule has 3 nitrogen and oxygen atoms in total. The van der Waals surface area contributed by atoms with Crippen LogP contribution in [0.5, 0.6) is 0 Å². The van der Waals surface area contributed by atoms with Crippen molar-refractivity contribution in [1.29, 1.82) is 0 Å². The molecule has 116 valence electrons. The third-order valence-corrected chi connectivity index (χ3v) is 3.74. The maximum Gasteiger partial charge on any atom is 0.339 e. The lowest BCUT2D eigenvalue weighted by atomic mass is 10.1. The molecule has 2 aromatic rings. The van der Waals surface area contributed by atoms with E-state index in [0.29, 0.717) is 12.1 Å². The number of aryl methyl sites for hydroxylation is 2. The highest BCUT2D eigenvalue weighted by Crippen LogP contribution is 2.12. The molecule has 0 aliphatic rings. The first kappa shape index (κ1) is 16.2. The van der Waals surface area contributed by atoms with Gasteiger partial charge in [0.15, 0.2) is 6.23 Å². The Hall–Kier alpha value is -2.13. The molecule has 0 saturated carbocycles. The predicted molar refractivity (Wildman–Crippen MR) is 88.7 cm³/mol. The zero-order chi connectivity index (χ0) is 15.9. The van der Waals surface area contributed by atoms with E-state index in [4.69, 9.17) is 4.74 Å². The summed E-state index contributed by atoms with van der Waals surface area (Å²) >= 11 is 0. The van der Waals surface area contributed by atoms with Crippen molar-refractivity contribution in [2.75, 3.05) is 0 Å². The first-order valence-corrected chi connectivity index (χ1v) is 7.65. The van der Waals surface area contributed by atoms with E-state index >= 15 is 0 Å². The van der Waals surface area contributed by atoms with E-state index in [2.05, 4.69) is 5.32 Å². The molecule has 2 aromatic carbocycles. The van der Waals surface area contributed by atoms with E-state index in [1.165, 1.54) is 11.1 Å². The van der Waals surface area contributed by atoms with Crippen LogP contribution >= 0.6 is 0 Å². The molecule has 1 N–H and O–H groups in total. The standard InChI is InChI=1S/C19H23NO2/c1-4-18(20-13-16-8-6-5-7-9-16)22-19(21)17-11-10-14(2)15(3)12-17/h5-12,18,20H,4,13H2,1-3H3. The Bertz CT molecular complexity index is 623. The van der Waals surface area contributed by atoms with Gasteiger partial charge in [-0.3, -0.25) is 5.32 Å². The van der Waals surface area contributed by atoms with Crippen molar-refractivity contribution >= 4 is 5.97 Å². The van der Waals surface area contributed by atoms with Crippen LogP contribution in [0.2, 0.25) is 0 Å². The van der Waals surface area contributed by atoms with Gasteiger partial charge in [-0.2, -0.15) is 0 Å². The zero-order valence-electron chi connectivity index (χ0n) is 13.4. The Morgan fingerprint density at radius 2 is 1.82 bits per heavy atom. The predicted octanol–water partition coefficient (Wildman–Crippen LogP) is 3.99. The Balaban J connectivity index is 1.94. The van der Waals surface area contributed by atoms with E-state index in [1.54, 1.807) is 0 Å². The Morgan fingerprint density at radius 3 is 2.45 bits per heavy atom. The highest BCUT2D eigenvalue weighted by Gasteiger charge is 2.14. The van der Waals surface area contributed by atoms with E-state index in [1.807, 2.05) is 69.3 Å². The fourth-order valence-electron chi connectivity index (χ4n) is 2.16. The molecule has 22 heavy (non-hydrogen) atoms. The van der Waals surface area contributed by atoms with E-state index < -0.39 is 0 Å². The van der Waals surface area contributed by atoms with Gasteiger partial charge in [-0.15, -0.1) is 0 Å². The minimum absolute atomic E-state index is 0.282. The second kappa shape index (κ2) is 7.76. The smallest absolute Gasteiger partial charge is 0.339 e. The molecular formula is C19H23NO2. The molecule has 0 bridgehead atoms. The molecule has 3 heteroatoms. The molecule has 0 fully saturated rings. The van der Waals surface area contributed by atoms with Crippen LogP contribution in [-0.4, -0.2) is 12.2 Å². The highest BCUT2D eigenvalue weighted by molar-refractivity contribution is 5.89. The van der Waals surface area contributed by atoms with Gasteiger partial charge in [-0.1, -0.05) is 43.3 Å². The number of hydrogen-bond donors (Lipinski definition) is 1. The third kappa shape index (κ3) is 4.43. The van der Waals surface area contributed by atoms with Crippen LogP contribution in [-0.2, 0) is 11.3 Å². The number of rotatable bonds is 6. The van der Waals surface area contributed by atoms with Crippen LogP contribution in [0.4, 0.5) is 0 Å². The number of esters is 1. The van der Waals surface area contributed by atoms with Crippen LogP contribution in [0.25, 0.3) is 0 Å². The average Bonchev–Trinajstić information content (AvgIpc) is 2.54. The van der Waals surface area contributed by atoms with Crippen molar-refractivity contribution in [3.63, 3.8) is 0 Å². The molecule has 0 heterocycles. The Kier molecular flexibility index (Phi) is 5.73. The van der Waals surface area contributed by atoms with Crippen molar-refractivity contribution in [2.24, 2.45) is 0 Å². The number of carbonyl (C=O) groups is 1. The third-order valence-electron chi connectivity index (χ3n) is 3.74. The zero-order valence-corrected chi connectivity index (χ0v) is 13.4. The summed E-state index contributed by atoms with van der Waals surface area (Å²) in [7, 11) is 0. The summed E-state index contributed by atoms with van der Waals surface area (Å²) in [4.78, 5) is 12.2. The van der Waals surface area contributed by atoms with Gasteiger partial charge < -0.3 is 4.74 Å². The van der Waals surface area contributed by atoms with E-state index in [0.717, 1.165) is 12.0 Å². The number of hydrogen-bond acceptors (Lipinski definition) is 3. The molecule has 0 aliphatic heterocycles. The summed E-state index contributed by atoms with van der Waals surface area (Å²) in [5.74, 6) is -0.282. The number of carbonyl (C=O) groups excluding carboxylic acids is 1. The molecule has 0 spiro atoms. The number of ether oxygens (including phenoxy) is 1. The van der Waals surface area contributed by atoms with Gasteiger partial charge in [-0.05, 0) is 49.1 Å². The molecule has 0 radical (unpaired) electrons. The molecule has 0 aromatic heterocycles. The average molecular weight is 297 g/mol. The molecule has 1 unspecified atom stereocenters. The topological polar surface area (TPSA) is 38.3 Å². The van der Waals surface area contributed by atoms with Crippen LogP contribution < -0.4 is 5.32 Å². The molecule has 2 rings (SSSR count). The van der Waals surface area contributed by atoms with Gasteiger partial charge in [0.25, 0.3) is 0 Å². The second-order valence-electron chi connectivity index (χ2n) is 5.47. The Labute approximate surface area is 132 Å². The summed E-state index contributed by atoms with van der Waals surface area (Å²) in [5, 5.41) is 3.27. The highest BCUT2D eigenvalue weighted by atomic mass is 16.6. The second-order valence-corrected chi connectivity index (χ2v) is 5.47. The lowest BCUT2D eigenvalue weighted by molar-refractivity contribution is 0.0199. The van der Waals surface area contributed by atoms with Crippen LogP contribution in [0.15, 0.2) is 48.5 Å². The van der Waals surface area contributed by atoms with Crippen molar-refractivity contribution in [1.82, 2.24) is 5.32 Å². The normalized spacial score (nSPS) is 12.0. The first-order chi connectivity index (χ1) is 10.6. The summed E-state index contributed by atoms with van der Waals surface area (Å²) in [6, 6.07) is 15.7. The minimum atomic E-state index is -0.283. The quantitative estimate of drug-likeness (QED) is 0.647. The summed E-state index contributed by atoms with van der Waals surface area (Å²) in [6.45, 7) is 6.70. The monoisotopic (exact) mass is 297 g/mol. The SMILES string of the molecule is CCC(NCc1ccccc1)OC(=O)c1ccc(C)c(C)c1. The number of benzene rings is 2. The van der Waals surface area contributed by atoms with Gasteiger partial charge in [0.1, 0.15) is 0 Å². The molecule has 0 aliphatic carbocycles. The van der Waals surface area contributed by atoms with E-state index in [-0.39, 0.29) is 12.2 Å². The van der Waals surface area contributed by atoms with Crippen molar-refractivity contribution in [2.45, 2.75) is 40.0 Å². The van der Waals surface area contributed by atoms with E-state index in [9.17, 15) is 4.79 Å². The van der Waals surface area contributed by atoms with Crippen LogP contribution in [0.3, 0.4) is 0 Å². The lowest BCUT2D eigenvalue weighted by Crippen LogP contribution is -2.32. The summed E-state index contributed by atoms with van der Waals surface area (Å²) in [6.07, 6.45) is 0.443. The fraction of sp³-hybridized carbons (Fsp3) is 0.316. The fourth-order valence-corrected chi connectivity index (χ4v) is 2.16. The van der Waals surface area contributed by atoms with Crippen LogP contribution in [0.1, 0.15) is 40.4 Å². The molecule has 0 saturated heterocycles. The maximum absolute atomic E-state index is 12.2. The first-order valence-electron chi connectivity index (χ1n) is 7.65. The van der Waals surface area contributed by atoms with Gasteiger partial charge in [0.05, 0.1) is 5.56 Å². The molecule has 1 atom stereocenters. The maximum atomic E-state index is 12.2. The minimum Gasteiger partial charge on any atom is -0.443 e. The van der Waals surface area contributed by atoms with Gasteiger partial charge in [0.2, 0.25) is 0 Å².